The summed E-state index contributed by atoms with van der Waals surface area (Å²) in [5.74, 6) is -0.328. The molecule has 4 rings (SSSR count). The number of rotatable bonds is 5. The number of carbonyl (C=O) groups excluding carboxylic acids is 2. The monoisotopic (exact) mass is 442 g/mol. The Kier molecular flexibility index (Phi) is 6.20. The summed E-state index contributed by atoms with van der Waals surface area (Å²) in [6, 6.07) is 9.36. The highest BCUT2D eigenvalue weighted by Gasteiger charge is 2.22. The Balaban J connectivity index is 1.28. The number of nitrogens with one attached hydrogen (secondary N) is 1. The van der Waals surface area contributed by atoms with Gasteiger partial charge in [-0.05, 0) is 30.3 Å². The number of hydrogen-bond acceptors (Lipinski definition) is 7. The van der Waals surface area contributed by atoms with Crippen LogP contribution in [0.2, 0.25) is 5.02 Å². The number of anilines is 2. The van der Waals surface area contributed by atoms with E-state index in [-0.39, 0.29) is 18.2 Å². The molecule has 0 saturated carbocycles. The Morgan fingerprint density at radius 2 is 1.77 bits per heavy atom. The van der Waals surface area contributed by atoms with Gasteiger partial charge in [-0.25, -0.2) is 15.0 Å². The molecule has 0 unspecified atom stereocenters. The molecule has 0 atom stereocenters. The van der Waals surface area contributed by atoms with Gasteiger partial charge in [0.25, 0.3) is 5.91 Å². The lowest BCUT2D eigenvalue weighted by atomic mass is 10.2. The molecule has 3 aromatic rings. The van der Waals surface area contributed by atoms with Crippen LogP contribution in [-0.4, -0.2) is 57.8 Å². The smallest absolute Gasteiger partial charge is 0.295 e. The molecule has 1 aliphatic heterocycles. The van der Waals surface area contributed by atoms with Gasteiger partial charge in [0.15, 0.2) is 5.13 Å². The number of nitrogens with zero attached hydrogens (tertiary/aromatic N) is 5. The van der Waals surface area contributed by atoms with Crippen molar-refractivity contribution >= 4 is 45.6 Å². The van der Waals surface area contributed by atoms with Crippen LogP contribution in [0.15, 0.2) is 48.1 Å². The summed E-state index contributed by atoms with van der Waals surface area (Å²) in [4.78, 5) is 41.0. The molecule has 154 valence electrons. The summed E-state index contributed by atoms with van der Waals surface area (Å²) in [7, 11) is 0. The molecule has 2 amide bonds. The number of aromatic nitrogens is 3. The van der Waals surface area contributed by atoms with Gasteiger partial charge in [-0.3, -0.25) is 14.9 Å². The molecule has 0 bridgehead atoms. The fourth-order valence-corrected chi connectivity index (χ4v) is 3.98. The van der Waals surface area contributed by atoms with Gasteiger partial charge < -0.3 is 9.80 Å². The second kappa shape index (κ2) is 9.19. The average Bonchev–Trinajstić information content (AvgIpc) is 3.21. The first-order chi connectivity index (χ1) is 14.6. The van der Waals surface area contributed by atoms with Gasteiger partial charge in [0.2, 0.25) is 11.7 Å². The highest BCUT2D eigenvalue weighted by molar-refractivity contribution is 7.14. The summed E-state index contributed by atoms with van der Waals surface area (Å²) in [6.45, 7) is 2.84. The third-order valence-electron chi connectivity index (χ3n) is 4.70. The summed E-state index contributed by atoms with van der Waals surface area (Å²) in [5.41, 5.74) is 1.74. The lowest BCUT2D eigenvalue weighted by Crippen LogP contribution is -2.49. The molecule has 0 spiro atoms. The van der Waals surface area contributed by atoms with Crippen molar-refractivity contribution in [2.45, 2.75) is 6.42 Å². The number of halogens is 1. The van der Waals surface area contributed by atoms with Gasteiger partial charge in [-0.1, -0.05) is 11.6 Å². The zero-order valence-corrected chi connectivity index (χ0v) is 17.6. The van der Waals surface area contributed by atoms with Crippen molar-refractivity contribution in [3.05, 3.63) is 64.6 Å². The number of amides is 2. The van der Waals surface area contributed by atoms with E-state index in [1.807, 2.05) is 29.2 Å². The first-order valence-electron chi connectivity index (χ1n) is 9.39. The van der Waals surface area contributed by atoms with Gasteiger partial charge in [-0.15, -0.1) is 11.3 Å². The first kappa shape index (κ1) is 20.2. The lowest BCUT2D eigenvalue weighted by Gasteiger charge is -2.36. The molecule has 2 aromatic heterocycles. The molecule has 1 aromatic carbocycles. The van der Waals surface area contributed by atoms with Gasteiger partial charge in [0.1, 0.15) is 0 Å². The second-order valence-electron chi connectivity index (χ2n) is 6.69. The third kappa shape index (κ3) is 4.92. The maximum absolute atomic E-state index is 12.7. The molecular formula is C20H19ClN6O2S. The largest absolute Gasteiger partial charge is 0.368 e. The normalized spacial score (nSPS) is 13.9. The quantitative estimate of drug-likeness (QED) is 0.653. The van der Waals surface area contributed by atoms with E-state index in [1.54, 1.807) is 11.4 Å². The molecule has 0 radical (unpaired) electrons. The van der Waals surface area contributed by atoms with E-state index in [1.165, 1.54) is 23.7 Å². The van der Waals surface area contributed by atoms with Crippen LogP contribution in [0.25, 0.3) is 0 Å². The van der Waals surface area contributed by atoms with Crippen molar-refractivity contribution < 1.29 is 9.59 Å². The van der Waals surface area contributed by atoms with Crippen molar-refractivity contribution in [1.82, 2.24) is 19.9 Å². The highest BCUT2D eigenvalue weighted by atomic mass is 35.5. The molecule has 1 N–H and O–H groups in total. The predicted molar refractivity (Wildman–Crippen MR) is 116 cm³/mol. The fraction of sp³-hybridized carbons (Fsp3) is 0.250. The Morgan fingerprint density at radius 1 is 1.07 bits per heavy atom. The molecule has 10 heteroatoms. The zero-order chi connectivity index (χ0) is 20.9. The molecule has 0 aliphatic carbocycles. The summed E-state index contributed by atoms with van der Waals surface area (Å²) in [5, 5.41) is 5.57. The van der Waals surface area contributed by atoms with Gasteiger partial charge in [0, 0.05) is 54.7 Å². The van der Waals surface area contributed by atoms with Crippen molar-refractivity contribution in [2.24, 2.45) is 0 Å². The minimum atomic E-state index is -0.429. The molecule has 8 nitrogen and oxygen atoms in total. The molecule has 30 heavy (non-hydrogen) atoms. The number of hydrogen-bond donors (Lipinski definition) is 1. The Hall–Kier alpha value is -3.04. The Bertz CT molecular complexity index is 1020. The summed E-state index contributed by atoms with van der Waals surface area (Å²) >= 11 is 7.22. The van der Waals surface area contributed by atoms with E-state index < -0.39 is 5.91 Å². The van der Waals surface area contributed by atoms with Crippen LogP contribution in [0, 0.1) is 0 Å². The van der Waals surface area contributed by atoms with Crippen LogP contribution in [0.3, 0.4) is 0 Å². The van der Waals surface area contributed by atoms with Crippen LogP contribution < -0.4 is 10.2 Å². The van der Waals surface area contributed by atoms with Crippen LogP contribution in [0.4, 0.5) is 10.8 Å². The van der Waals surface area contributed by atoms with E-state index in [9.17, 15) is 9.59 Å². The van der Waals surface area contributed by atoms with E-state index >= 15 is 0 Å². The van der Waals surface area contributed by atoms with Crippen molar-refractivity contribution in [3.63, 3.8) is 0 Å². The van der Waals surface area contributed by atoms with E-state index in [2.05, 4.69) is 25.2 Å². The van der Waals surface area contributed by atoms with Gasteiger partial charge in [-0.2, -0.15) is 0 Å². The highest BCUT2D eigenvalue weighted by Crippen LogP contribution is 2.20. The second-order valence-corrected chi connectivity index (χ2v) is 7.99. The third-order valence-corrected chi connectivity index (χ3v) is 5.76. The topological polar surface area (TPSA) is 91.3 Å². The molecule has 3 heterocycles. The molecule has 1 aliphatic rings. The molecule has 1 fully saturated rings. The maximum Gasteiger partial charge on any atom is 0.295 e. The molecular weight excluding hydrogens is 424 g/mol. The minimum Gasteiger partial charge on any atom is -0.368 e. The fourth-order valence-electron chi connectivity index (χ4n) is 3.15. The maximum atomic E-state index is 12.7. The van der Waals surface area contributed by atoms with Gasteiger partial charge >= 0.3 is 0 Å². The predicted octanol–water partition coefficient (Wildman–Crippen LogP) is 2.73. The molecule has 1 saturated heterocycles. The Labute approximate surface area is 182 Å². The number of benzene rings is 1. The number of piperazine rings is 1. The average molecular weight is 443 g/mol. The number of carbonyl (C=O) groups is 2. The van der Waals surface area contributed by atoms with Crippen molar-refractivity contribution in [3.8, 4) is 0 Å². The zero-order valence-electron chi connectivity index (χ0n) is 16.0. The van der Waals surface area contributed by atoms with Crippen LogP contribution in [-0.2, 0) is 11.2 Å². The Morgan fingerprint density at radius 3 is 2.47 bits per heavy atom. The lowest BCUT2D eigenvalue weighted by molar-refractivity contribution is -0.130. The van der Waals surface area contributed by atoms with E-state index in [0.29, 0.717) is 28.9 Å². The SMILES string of the molecule is O=C(Nc1nc(CC(=O)N2CCN(c3ccc(Cl)cc3)CC2)cs1)c1ncccn1. The van der Waals surface area contributed by atoms with Gasteiger partial charge in [0.05, 0.1) is 12.1 Å². The first-order valence-corrected chi connectivity index (χ1v) is 10.7. The number of thiazole rings is 1. The minimum absolute atomic E-state index is 0.0281. The van der Waals surface area contributed by atoms with Crippen LogP contribution in [0.5, 0.6) is 0 Å². The summed E-state index contributed by atoms with van der Waals surface area (Å²) in [6.07, 6.45) is 3.20. The van der Waals surface area contributed by atoms with Crippen LogP contribution >= 0.6 is 22.9 Å². The van der Waals surface area contributed by atoms with Crippen molar-refractivity contribution in [2.75, 3.05) is 36.4 Å². The summed E-state index contributed by atoms with van der Waals surface area (Å²) < 4.78 is 0. The standard InChI is InChI=1S/C20H19ClN6O2S/c21-14-2-4-16(5-3-14)26-8-10-27(11-9-26)17(28)12-15-13-30-20(24-15)25-19(29)18-22-6-1-7-23-18/h1-7,13H,8-12H2,(H,24,25,29). The van der Waals surface area contributed by atoms with E-state index in [4.69, 9.17) is 11.6 Å². The van der Waals surface area contributed by atoms with Crippen molar-refractivity contribution in [1.29, 1.82) is 0 Å². The van der Waals surface area contributed by atoms with Crippen LogP contribution in [0.1, 0.15) is 16.3 Å². The van der Waals surface area contributed by atoms with E-state index in [0.717, 1.165) is 18.8 Å².